The Hall–Kier alpha value is -3.50. The smallest absolute Gasteiger partial charge is 0.277 e. The molecule has 0 bridgehead atoms. The number of unbranched alkanes of at least 4 members (excludes halogenated alkanes) is 2. The van der Waals surface area contributed by atoms with Gasteiger partial charge >= 0.3 is 0 Å². The molecule has 0 atom stereocenters. The average Bonchev–Trinajstić information content (AvgIpc) is 3.19. The highest BCUT2D eigenvalue weighted by Crippen LogP contribution is 2.30. The molecule has 0 aliphatic heterocycles. The molecule has 0 fully saturated rings. The second-order valence-electron chi connectivity index (χ2n) is 8.53. The van der Waals surface area contributed by atoms with Crippen LogP contribution in [-0.4, -0.2) is 34.6 Å². The molecule has 36 heavy (non-hydrogen) atoms. The molecule has 0 spiro atoms. The lowest BCUT2D eigenvalue weighted by atomic mass is 10.2. The first-order valence-corrected chi connectivity index (χ1v) is 13.6. The van der Waals surface area contributed by atoms with Crippen molar-refractivity contribution < 1.29 is 13.2 Å². The fourth-order valence-corrected chi connectivity index (χ4v) is 5.10. The summed E-state index contributed by atoms with van der Waals surface area (Å²) in [6.45, 7) is 6.26. The normalized spacial score (nSPS) is 11.8. The number of imidazole rings is 1. The van der Waals surface area contributed by atoms with E-state index in [2.05, 4.69) is 26.7 Å². The molecule has 0 amide bonds. The molecule has 9 nitrogen and oxygen atoms in total. The minimum absolute atomic E-state index is 0.0459. The number of nitrogens with one attached hydrogen (secondary N) is 2. The van der Waals surface area contributed by atoms with Gasteiger partial charge in [-0.15, -0.1) is 5.10 Å². The van der Waals surface area contributed by atoms with Crippen molar-refractivity contribution in [2.45, 2.75) is 57.9 Å². The van der Waals surface area contributed by atoms with E-state index in [0.717, 1.165) is 24.8 Å². The van der Waals surface area contributed by atoms with Crippen LogP contribution < -0.4 is 15.0 Å². The minimum Gasteiger partial charge on any atom is -0.493 e. The number of nitrogens with zero attached hydrogens (tertiary/aromatic N) is 3. The summed E-state index contributed by atoms with van der Waals surface area (Å²) >= 11 is 0. The Bertz CT molecular complexity index is 1510. The van der Waals surface area contributed by atoms with E-state index in [1.165, 1.54) is 12.1 Å². The molecule has 10 heteroatoms. The summed E-state index contributed by atoms with van der Waals surface area (Å²) in [6.07, 6.45) is 3.74. The van der Waals surface area contributed by atoms with Crippen molar-refractivity contribution in [3.05, 3.63) is 76.0 Å². The first-order valence-electron chi connectivity index (χ1n) is 12.1. The Kier molecular flexibility index (Phi) is 7.85. The van der Waals surface area contributed by atoms with Gasteiger partial charge in [-0.1, -0.05) is 50.1 Å². The number of hydrogen-bond acceptors (Lipinski definition) is 6. The quantitative estimate of drug-likeness (QED) is 0.295. The number of H-pyrrole nitrogens is 1. The molecular formula is C26H31N5O4S. The molecule has 190 valence electrons. The number of aromatic nitrogens is 4. The Labute approximate surface area is 210 Å². The summed E-state index contributed by atoms with van der Waals surface area (Å²) in [5, 5.41) is 4.67. The molecule has 0 saturated carbocycles. The van der Waals surface area contributed by atoms with Gasteiger partial charge in [0.05, 0.1) is 22.8 Å². The molecule has 4 aromatic rings. The molecule has 0 unspecified atom stereocenters. The van der Waals surface area contributed by atoms with Gasteiger partial charge in [-0.05, 0) is 44.0 Å². The van der Waals surface area contributed by atoms with E-state index in [1.54, 1.807) is 17.5 Å². The van der Waals surface area contributed by atoms with Crippen LogP contribution in [0.1, 0.15) is 50.2 Å². The lowest BCUT2D eigenvalue weighted by Crippen LogP contribution is -2.23. The lowest BCUT2D eigenvalue weighted by Gasteiger charge is -2.13. The molecule has 0 aliphatic rings. The topological polar surface area (TPSA) is 118 Å². The Morgan fingerprint density at radius 1 is 1.08 bits per heavy atom. The number of aromatic amines is 1. The SMILES string of the molecule is CCCCCc1nc(C)c2c(=O)[nH]c(-c3cc(S(=O)(=O)NCc4ccccc4)ccc3OCC)nn12. The van der Waals surface area contributed by atoms with Crippen LogP contribution in [0, 0.1) is 6.92 Å². The molecule has 0 saturated heterocycles. The van der Waals surface area contributed by atoms with E-state index < -0.39 is 10.0 Å². The summed E-state index contributed by atoms with van der Waals surface area (Å²) in [7, 11) is -3.84. The van der Waals surface area contributed by atoms with Crippen molar-refractivity contribution in [2.24, 2.45) is 0 Å². The molecule has 2 heterocycles. The van der Waals surface area contributed by atoms with Gasteiger partial charge in [-0.3, -0.25) is 4.79 Å². The average molecular weight is 510 g/mol. The van der Waals surface area contributed by atoms with Crippen LogP contribution >= 0.6 is 0 Å². The van der Waals surface area contributed by atoms with E-state index in [1.807, 2.05) is 37.3 Å². The summed E-state index contributed by atoms with van der Waals surface area (Å²) in [4.78, 5) is 20.4. The Morgan fingerprint density at radius 3 is 2.58 bits per heavy atom. The molecule has 0 aliphatic carbocycles. The highest BCUT2D eigenvalue weighted by Gasteiger charge is 2.21. The number of hydrogen-bond donors (Lipinski definition) is 2. The molecule has 2 aromatic heterocycles. The van der Waals surface area contributed by atoms with Gasteiger partial charge in [-0.25, -0.2) is 22.6 Å². The predicted octanol–water partition coefficient (Wildman–Crippen LogP) is 4.00. The summed E-state index contributed by atoms with van der Waals surface area (Å²) < 4.78 is 36.1. The maximum Gasteiger partial charge on any atom is 0.277 e. The van der Waals surface area contributed by atoms with Gasteiger partial charge in [0, 0.05) is 13.0 Å². The zero-order chi connectivity index (χ0) is 25.7. The largest absolute Gasteiger partial charge is 0.493 e. The second-order valence-corrected chi connectivity index (χ2v) is 10.3. The number of aryl methyl sites for hydroxylation is 2. The zero-order valence-electron chi connectivity index (χ0n) is 20.7. The zero-order valence-corrected chi connectivity index (χ0v) is 21.6. The van der Waals surface area contributed by atoms with Crippen LogP contribution in [0.15, 0.2) is 58.2 Å². The third-order valence-corrected chi connectivity index (χ3v) is 7.27. The summed E-state index contributed by atoms with van der Waals surface area (Å²) in [6, 6.07) is 13.8. The van der Waals surface area contributed by atoms with E-state index in [0.29, 0.717) is 41.4 Å². The molecule has 4 rings (SSSR count). The Morgan fingerprint density at radius 2 is 1.86 bits per heavy atom. The monoisotopic (exact) mass is 509 g/mol. The molecule has 2 N–H and O–H groups in total. The standard InChI is InChI=1S/C26H31N5O4S/c1-4-6-8-13-23-28-18(3)24-26(32)29-25(30-31(23)24)21-16-20(14-15-22(21)35-5-2)36(33,34)27-17-19-11-9-7-10-12-19/h7,9-12,14-16,27H,4-6,8,13,17H2,1-3H3,(H,29,30,32). The van der Waals surface area contributed by atoms with Gasteiger partial charge in [0.1, 0.15) is 11.6 Å². The van der Waals surface area contributed by atoms with Gasteiger partial charge in [0.15, 0.2) is 11.3 Å². The van der Waals surface area contributed by atoms with Crippen LogP contribution in [0.5, 0.6) is 5.75 Å². The van der Waals surface area contributed by atoms with Gasteiger partial charge < -0.3 is 9.72 Å². The number of ether oxygens (including phenoxy) is 1. The van der Waals surface area contributed by atoms with E-state index in [9.17, 15) is 13.2 Å². The number of fused-ring (bicyclic) bond motifs is 1. The number of benzene rings is 2. The third-order valence-electron chi connectivity index (χ3n) is 5.87. The van der Waals surface area contributed by atoms with E-state index in [-0.39, 0.29) is 22.8 Å². The Balaban J connectivity index is 1.76. The van der Waals surface area contributed by atoms with Crippen LogP contribution in [0.4, 0.5) is 0 Å². The lowest BCUT2D eigenvalue weighted by molar-refractivity contribution is 0.341. The van der Waals surface area contributed by atoms with Crippen molar-refractivity contribution in [1.29, 1.82) is 0 Å². The molecule has 0 radical (unpaired) electrons. The summed E-state index contributed by atoms with van der Waals surface area (Å²) in [5.74, 6) is 1.34. The van der Waals surface area contributed by atoms with Crippen LogP contribution in [-0.2, 0) is 23.0 Å². The summed E-state index contributed by atoms with van der Waals surface area (Å²) in [5.41, 5.74) is 1.87. The minimum atomic E-state index is -3.84. The maximum absolute atomic E-state index is 13.1. The van der Waals surface area contributed by atoms with Crippen molar-refractivity contribution >= 4 is 15.5 Å². The molecular weight excluding hydrogens is 478 g/mol. The predicted molar refractivity (Wildman–Crippen MR) is 139 cm³/mol. The fourth-order valence-electron chi connectivity index (χ4n) is 4.05. The maximum atomic E-state index is 13.1. The number of sulfonamides is 1. The fraction of sp³-hybridized carbons (Fsp3) is 0.346. The van der Waals surface area contributed by atoms with Crippen molar-refractivity contribution in [3.63, 3.8) is 0 Å². The first-order chi connectivity index (χ1) is 17.3. The molecule has 2 aromatic carbocycles. The van der Waals surface area contributed by atoms with Crippen molar-refractivity contribution in [2.75, 3.05) is 6.61 Å². The van der Waals surface area contributed by atoms with E-state index in [4.69, 9.17) is 4.74 Å². The highest BCUT2D eigenvalue weighted by atomic mass is 32.2. The highest BCUT2D eigenvalue weighted by molar-refractivity contribution is 7.89. The van der Waals surface area contributed by atoms with Crippen LogP contribution in [0.25, 0.3) is 16.9 Å². The van der Waals surface area contributed by atoms with Crippen molar-refractivity contribution in [1.82, 2.24) is 24.3 Å². The van der Waals surface area contributed by atoms with Gasteiger partial charge in [0.2, 0.25) is 10.0 Å². The van der Waals surface area contributed by atoms with Crippen LogP contribution in [0.2, 0.25) is 0 Å². The number of rotatable bonds is 11. The van der Waals surface area contributed by atoms with Crippen LogP contribution in [0.3, 0.4) is 0 Å². The first kappa shape index (κ1) is 25.6. The van der Waals surface area contributed by atoms with E-state index >= 15 is 0 Å². The third kappa shape index (κ3) is 5.50. The van der Waals surface area contributed by atoms with Crippen molar-refractivity contribution in [3.8, 4) is 17.1 Å². The second kappa shape index (κ2) is 11.0. The van der Waals surface area contributed by atoms with Gasteiger partial charge in [-0.2, -0.15) is 0 Å². The van der Waals surface area contributed by atoms with Gasteiger partial charge in [0.25, 0.3) is 5.56 Å².